The second kappa shape index (κ2) is 6.11. The van der Waals surface area contributed by atoms with Crippen molar-refractivity contribution in [3.05, 3.63) is 57.6 Å². The molecule has 102 valence electrons. The van der Waals surface area contributed by atoms with Gasteiger partial charge in [-0.2, -0.15) is 5.26 Å². The van der Waals surface area contributed by atoms with Crippen LogP contribution in [0.15, 0.2) is 40.9 Å². The largest absolute Gasteiger partial charge is 0.456 e. The molecule has 0 heterocycles. The summed E-state index contributed by atoms with van der Waals surface area (Å²) in [6.07, 6.45) is 0. The quantitative estimate of drug-likeness (QED) is 0.740. The lowest BCUT2D eigenvalue weighted by atomic mass is 10.0. The van der Waals surface area contributed by atoms with Gasteiger partial charge in [-0.1, -0.05) is 35.8 Å². The topological polar surface area (TPSA) is 33.0 Å². The standard InChI is InChI=1S/C17H16BrNO/c1-11(2)15-9-14(18)6-7-16(15)20-17-8-12(3)4-5-13(17)10-19/h4-9,11H,1-3H3. The number of nitriles is 1. The van der Waals surface area contributed by atoms with Gasteiger partial charge in [0.1, 0.15) is 17.6 Å². The lowest BCUT2D eigenvalue weighted by Crippen LogP contribution is -1.96. The molecule has 0 N–H and O–H groups in total. The molecule has 0 radical (unpaired) electrons. The van der Waals surface area contributed by atoms with Crippen LogP contribution in [0.3, 0.4) is 0 Å². The Balaban J connectivity index is 2.45. The van der Waals surface area contributed by atoms with Crippen LogP contribution in [0.4, 0.5) is 0 Å². The maximum absolute atomic E-state index is 9.17. The number of benzene rings is 2. The van der Waals surface area contributed by atoms with Crippen molar-refractivity contribution in [2.24, 2.45) is 0 Å². The zero-order valence-corrected chi connectivity index (χ0v) is 13.4. The summed E-state index contributed by atoms with van der Waals surface area (Å²) in [6.45, 7) is 6.23. The molecule has 20 heavy (non-hydrogen) atoms. The zero-order valence-electron chi connectivity index (χ0n) is 11.8. The van der Waals surface area contributed by atoms with Gasteiger partial charge in [0.15, 0.2) is 0 Å². The van der Waals surface area contributed by atoms with Crippen LogP contribution in [0.2, 0.25) is 0 Å². The van der Waals surface area contributed by atoms with E-state index in [1.165, 1.54) is 0 Å². The lowest BCUT2D eigenvalue weighted by molar-refractivity contribution is 0.471. The summed E-state index contributed by atoms with van der Waals surface area (Å²) in [5.74, 6) is 1.75. The number of nitrogens with zero attached hydrogens (tertiary/aromatic N) is 1. The summed E-state index contributed by atoms with van der Waals surface area (Å²) in [5, 5.41) is 9.17. The number of hydrogen-bond donors (Lipinski definition) is 0. The summed E-state index contributed by atoms with van der Waals surface area (Å²) in [4.78, 5) is 0. The Kier molecular flexibility index (Phi) is 4.46. The maximum Gasteiger partial charge on any atom is 0.145 e. The van der Waals surface area contributed by atoms with E-state index < -0.39 is 0 Å². The van der Waals surface area contributed by atoms with Gasteiger partial charge in [-0.15, -0.1) is 0 Å². The molecule has 0 unspecified atom stereocenters. The van der Waals surface area contributed by atoms with Crippen LogP contribution in [-0.4, -0.2) is 0 Å². The first kappa shape index (κ1) is 14.6. The van der Waals surface area contributed by atoms with Crippen molar-refractivity contribution in [1.29, 1.82) is 5.26 Å². The fraction of sp³-hybridized carbons (Fsp3) is 0.235. The molecule has 0 aromatic heterocycles. The Morgan fingerprint density at radius 3 is 2.50 bits per heavy atom. The first-order chi connectivity index (χ1) is 9.51. The molecule has 0 saturated heterocycles. The van der Waals surface area contributed by atoms with Crippen LogP contribution in [0.25, 0.3) is 0 Å². The third-order valence-electron chi connectivity index (χ3n) is 3.07. The number of hydrogen-bond acceptors (Lipinski definition) is 2. The highest BCUT2D eigenvalue weighted by Gasteiger charge is 2.12. The fourth-order valence-corrected chi connectivity index (χ4v) is 2.37. The SMILES string of the molecule is Cc1ccc(C#N)c(Oc2ccc(Br)cc2C(C)C)c1. The Bertz CT molecular complexity index is 671. The van der Waals surface area contributed by atoms with E-state index >= 15 is 0 Å². The first-order valence-electron chi connectivity index (χ1n) is 6.49. The molecule has 2 aromatic rings. The lowest BCUT2D eigenvalue weighted by Gasteiger charge is -2.15. The van der Waals surface area contributed by atoms with Crippen molar-refractivity contribution < 1.29 is 4.74 Å². The summed E-state index contributed by atoms with van der Waals surface area (Å²) in [6, 6.07) is 13.7. The molecule has 0 aliphatic rings. The second-order valence-electron chi connectivity index (χ2n) is 5.05. The van der Waals surface area contributed by atoms with Gasteiger partial charge in [0, 0.05) is 4.47 Å². The zero-order chi connectivity index (χ0) is 14.7. The molecule has 0 bridgehead atoms. The first-order valence-corrected chi connectivity index (χ1v) is 7.28. The third-order valence-corrected chi connectivity index (χ3v) is 3.56. The predicted molar refractivity (Wildman–Crippen MR) is 84.2 cm³/mol. The van der Waals surface area contributed by atoms with E-state index in [2.05, 4.69) is 41.9 Å². The van der Waals surface area contributed by atoms with E-state index in [1.54, 1.807) is 6.07 Å². The monoisotopic (exact) mass is 329 g/mol. The molecule has 2 nitrogen and oxygen atoms in total. The molecule has 0 atom stereocenters. The van der Waals surface area contributed by atoms with Crippen molar-refractivity contribution in [2.75, 3.05) is 0 Å². The molecule has 0 fully saturated rings. The van der Waals surface area contributed by atoms with E-state index in [9.17, 15) is 5.26 Å². The van der Waals surface area contributed by atoms with Crippen molar-refractivity contribution in [1.82, 2.24) is 0 Å². The fourth-order valence-electron chi connectivity index (χ4n) is 1.99. The third kappa shape index (κ3) is 3.20. The molecule has 0 aliphatic heterocycles. The van der Waals surface area contributed by atoms with E-state index in [4.69, 9.17) is 4.74 Å². The Hall–Kier alpha value is -1.79. The molecule has 0 amide bonds. The van der Waals surface area contributed by atoms with Gasteiger partial charge in [-0.3, -0.25) is 0 Å². The molecule has 2 aromatic carbocycles. The molecular weight excluding hydrogens is 314 g/mol. The number of ether oxygens (including phenoxy) is 1. The molecular formula is C17H16BrNO. The molecule has 3 heteroatoms. The van der Waals surface area contributed by atoms with Gasteiger partial charge in [0.05, 0.1) is 5.56 Å². The average Bonchev–Trinajstić information content (AvgIpc) is 2.41. The number of aryl methyl sites for hydroxylation is 1. The maximum atomic E-state index is 9.17. The summed E-state index contributed by atoms with van der Waals surface area (Å²) in [7, 11) is 0. The van der Waals surface area contributed by atoms with Crippen molar-refractivity contribution in [2.45, 2.75) is 26.7 Å². The molecule has 0 aliphatic carbocycles. The highest BCUT2D eigenvalue weighted by atomic mass is 79.9. The number of rotatable bonds is 3. The van der Waals surface area contributed by atoms with Gasteiger partial charge in [0.25, 0.3) is 0 Å². The van der Waals surface area contributed by atoms with E-state index in [0.717, 1.165) is 21.3 Å². The Morgan fingerprint density at radius 1 is 1.10 bits per heavy atom. The number of halogens is 1. The van der Waals surface area contributed by atoms with Gasteiger partial charge in [0.2, 0.25) is 0 Å². The minimum atomic E-state index is 0.345. The smallest absolute Gasteiger partial charge is 0.145 e. The predicted octanol–water partition coefficient (Wildman–Crippen LogP) is 5.54. The minimum absolute atomic E-state index is 0.345. The average molecular weight is 330 g/mol. The minimum Gasteiger partial charge on any atom is -0.456 e. The molecule has 0 saturated carbocycles. The van der Waals surface area contributed by atoms with Gasteiger partial charge < -0.3 is 4.74 Å². The highest BCUT2D eigenvalue weighted by Crippen LogP contribution is 2.34. The molecule has 0 spiro atoms. The second-order valence-corrected chi connectivity index (χ2v) is 5.97. The van der Waals surface area contributed by atoms with Crippen LogP contribution in [0.1, 0.15) is 36.5 Å². The summed E-state index contributed by atoms with van der Waals surface area (Å²) >= 11 is 3.48. The highest BCUT2D eigenvalue weighted by molar-refractivity contribution is 9.10. The van der Waals surface area contributed by atoms with Gasteiger partial charge >= 0.3 is 0 Å². The summed E-state index contributed by atoms with van der Waals surface area (Å²) in [5.41, 5.74) is 2.74. The van der Waals surface area contributed by atoms with Crippen molar-refractivity contribution in [3.8, 4) is 17.6 Å². The Labute approximate surface area is 128 Å². The van der Waals surface area contributed by atoms with E-state index in [-0.39, 0.29) is 0 Å². The van der Waals surface area contributed by atoms with Gasteiger partial charge in [-0.05, 0) is 54.3 Å². The van der Waals surface area contributed by atoms with Crippen molar-refractivity contribution >= 4 is 15.9 Å². The normalized spacial score (nSPS) is 10.4. The van der Waals surface area contributed by atoms with Crippen LogP contribution in [0, 0.1) is 18.3 Å². The van der Waals surface area contributed by atoms with Crippen LogP contribution in [-0.2, 0) is 0 Å². The van der Waals surface area contributed by atoms with Crippen molar-refractivity contribution in [3.63, 3.8) is 0 Å². The van der Waals surface area contributed by atoms with E-state index in [0.29, 0.717) is 17.2 Å². The molecule has 2 rings (SSSR count). The van der Waals surface area contributed by atoms with E-state index in [1.807, 2.05) is 31.2 Å². The van der Waals surface area contributed by atoms with Crippen LogP contribution < -0.4 is 4.74 Å². The van der Waals surface area contributed by atoms with Crippen LogP contribution in [0.5, 0.6) is 11.5 Å². The summed E-state index contributed by atoms with van der Waals surface area (Å²) < 4.78 is 7.01. The van der Waals surface area contributed by atoms with Gasteiger partial charge in [-0.25, -0.2) is 0 Å². The Morgan fingerprint density at radius 2 is 1.85 bits per heavy atom. The van der Waals surface area contributed by atoms with Crippen LogP contribution >= 0.6 is 15.9 Å².